The zero-order valence-corrected chi connectivity index (χ0v) is 15.2. The molecule has 1 atom stereocenters. The summed E-state index contributed by atoms with van der Waals surface area (Å²) in [6.45, 7) is 4.05. The minimum absolute atomic E-state index is 0.0125. The summed E-state index contributed by atoms with van der Waals surface area (Å²) in [5.74, 6) is 0.312. The Morgan fingerprint density at radius 3 is 3.07 bits per heavy atom. The van der Waals surface area contributed by atoms with Gasteiger partial charge in [0.15, 0.2) is 11.5 Å². The number of hydrogen-bond donors (Lipinski definition) is 1. The van der Waals surface area contributed by atoms with Crippen molar-refractivity contribution in [3.05, 3.63) is 59.7 Å². The average molecular weight is 367 g/mol. The number of benzene rings is 2. The van der Waals surface area contributed by atoms with E-state index in [1.807, 2.05) is 24.3 Å². The van der Waals surface area contributed by atoms with E-state index in [1.54, 1.807) is 19.1 Å². The number of piperidine rings is 1. The van der Waals surface area contributed by atoms with Crippen molar-refractivity contribution in [2.75, 3.05) is 18.4 Å². The second kappa shape index (κ2) is 7.48. The van der Waals surface area contributed by atoms with Crippen molar-refractivity contribution in [1.29, 1.82) is 0 Å². The molecule has 1 N–H and O–H groups in total. The number of fused-ring (bicyclic) bond motifs is 1. The average Bonchev–Trinajstić information content (AvgIpc) is 3.01. The summed E-state index contributed by atoms with van der Waals surface area (Å²) in [6.07, 6.45) is 1.81. The molecular formula is C21H22FN3O2. The number of nitrogens with zero attached hydrogens (tertiary/aromatic N) is 2. The van der Waals surface area contributed by atoms with Gasteiger partial charge in [-0.3, -0.25) is 9.69 Å². The number of halogens is 1. The van der Waals surface area contributed by atoms with Gasteiger partial charge in [-0.1, -0.05) is 12.1 Å². The molecule has 0 aliphatic carbocycles. The van der Waals surface area contributed by atoms with Gasteiger partial charge in [0.1, 0.15) is 11.3 Å². The number of hydrogen-bond acceptors (Lipinski definition) is 4. The van der Waals surface area contributed by atoms with Crippen LogP contribution in [0.4, 0.5) is 10.1 Å². The molecule has 1 amide bonds. The highest BCUT2D eigenvalue weighted by Gasteiger charge is 2.26. The zero-order chi connectivity index (χ0) is 18.8. The number of carbonyl (C=O) groups is 1. The Morgan fingerprint density at radius 2 is 2.22 bits per heavy atom. The molecular weight excluding hydrogens is 345 g/mol. The van der Waals surface area contributed by atoms with Gasteiger partial charge in [0.05, 0.1) is 5.92 Å². The fraction of sp³-hybridized carbons (Fsp3) is 0.333. The number of anilines is 1. The summed E-state index contributed by atoms with van der Waals surface area (Å²) in [5.41, 5.74) is 3.11. The molecule has 0 radical (unpaired) electrons. The number of likely N-dealkylation sites (tertiary alicyclic amines) is 1. The maximum atomic E-state index is 13.4. The van der Waals surface area contributed by atoms with Crippen molar-refractivity contribution in [2.24, 2.45) is 5.92 Å². The molecule has 1 unspecified atom stereocenters. The fourth-order valence-corrected chi connectivity index (χ4v) is 3.67. The molecule has 0 bridgehead atoms. The second-order valence-corrected chi connectivity index (χ2v) is 7.11. The lowest BCUT2D eigenvalue weighted by molar-refractivity contribution is -0.121. The zero-order valence-electron chi connectivity index (χ0n) is 15.2. The van der Waals surface area contributed by atoms with Crippen LogP contribution in [0.15, 0.2) is 46.9 Å². The van der Waals surface area contributed by atoms with Gasteiger partial charge in [-0.25, -0.2) is 9.37 Å². The third-order valence-electron chi connectivity index (χ3n) is 4.93. The van der Waals surface area contributed by atoms with E-state index in [2.05, 4.69) is 15.2 Å². The van der Waals surface area contributed by atoms with Gasteiger partial charge in [-0.15, -0.1) is 0 Å². The Balaban J connectivity index is 1.40. The Labute approximate surface area is 157 Å². The Hall–Kier alpha value is -2.73. The van der Waals surface area contributed by atoms with Crippen LogP contribution in [0, 0.1) is 18.7 Å². The van der Waals surface area contributed by atoms with Crippen molar-refractivity contribution >= 4 is 22.7 Å². The van der Waals surface area contributed by atoms with Gasteiger partial charge in [-0.05, 0) is 55.3 Å². The molecule has 6 heteroatoms. The summed E-state index contributed by atoms with van der Waals surface area (Å²) in [6, 6.07) is 12.1. The highest BCUT2D eigenvalue weighted by atomic mass is 19.1. The quantitative estimate of drug-likeness (QED) is 0.753. The molecule has 1 saturated heterocycles. The predicted octanol–water partition coefficient (Wildman–Crippen LogP) is 4.13. The molecule has 0 saturated carbocycles. The van der Waals surface area contributed by atoms with Gasteiger partial charge in [0.25, 0.3) is 0 Å². The van der Waals surface area contributed by atoms with Gasteiger partial charge in [-0.2, -0.15) is 0 Å². The molecule has 1 aromatic heterocycles. The molecule has 5 nitrogen and oxygen atoms in total. The van der Waals surface area contributed by atoms with E-state index in [0.29, 0.717) is 24.6 Å². The molecule has 1 aliphatic rings. The molecule has 1 aliphatic heterocycles. The third kappa shape index (κ3) is 4.17. The van der Waals surface area contributed by atoms with Crippen molar-refractivity contribution in [2.45, 2.75) is 26.3 Å². The fourth-order valence-electron chi connectivity index (χ4n) is 3.67. The number of aryl methyl sites for hydroxylation is 1. The van der Waals surface area contributed by atoms with Crippen LogP contribution in [-0.2, 0) is 11.3 Å². The molecule has 4 rings (SSSR count). The molecule has 1 fully saturated rings. The number of amides is 1. The first kappa shape index (κ1) is 17.7. The molecule has 0 spiro atoms. The first-order valence-electron chi connectivity index (χ1n) is 9.22. The number of aromatic nitrogens is 1. The van der Waals surface area contributed by atoms with E-state index >= 15 is 0 Å². The summed E-state index contributed by atoms with van der Waals surface area (Å²) in [5, 5.41) is 3.00. The van der Waals surface area contributed by atoms with Gasteiger partial charge in [0, 0.05) is 25.7 Å². The van der Waals surface area contributed by atoms with Crippen LogP contribution in [0.5, 0.6) is 0 Å². The SMILES string of the molecule is Cc1nc2cc(NC(=O)C3CCCN(Cc4cccc(F)c4)C3)ccc2o1. The monoisotopic (exact) mass is 367 g/mol. The van der Waals surface area contributed by atoms with E-state index in [0.717, 1.165) is 36.2 Å². The van der Waals surface area contributed by atoms with Crippen LogP contribution in [0.25, 0.3) is 11.1 Å². The molecule has 2 aromatic carbocycles. The van der Waals surface area contributed by atoms with Crippen molar-refractivity contribution in [3.63, 3.8) is 0 Å². The largest absolute Gasteiger partial charge is 0.441 e. The van der Waals surface area contributed by atoms with E-state index in [1.165, 1.54) is 6.07 Å². The number of nitrogens with one attached hydrogen (secondary N) is 1. The first-order valence-corrected chi connectivity index (χ1v) is 9.22. The lowest BCUT2D eigenvalue weighted by atomic mass is 9.96. The normalized spacial score (nSPS) is 17.9. The number of oxazole rings is 1. The lowest BCUT2D eigenvalue weighted by Gasteiger charge is -2.32. The highest BCUT2D eigenvalue weighted by Crippen LogP contribution is 2.23. The summed E-state index contributed by atoms with van der Waals surface area (Å²) in [7, 11) is 0. The summed E-state index contributed by atoms with van der Waals surface area (Å²) < 4.78 is 18.9. The Morgan fingerprint density at radius 1 is 1.33 bits per heavy atom. The van der Waals surface area contributed by atoms with Crippen LogP contribution in [0.3, 0.4) is 0 Å². The van der Waals surface area contributed by atoms with Crippen molar-refractivity contribution < 1.29 is 13.6 Å². The minimum atomic E-state index is -0.225. The predicted molar refractivity (Wildman–Crippen MR) is 102 cm³/mol. The molecule has 27 heavy (non-hydrogen) atoms. The highest BCUT2D eigenvalue weighted by molar-refractivity contribution is 5.94. The van der Waals surface area contributed by atoms with Crippen LogP contribution in [-0.4, -0.2) is 28.9 Å². The number of carbonyl (C=O) groups excluding carboxylic acids is 1. The molecule has 3 aromatic rings. The maximum absolute atomic E-state index is 13.4. The van der Waals surface area contributed by atoms with Crippen molar-refractivity contribution in [1.82, 2.24) is 9.88 Å². The molecule has 2 heterocycles. The smallest absolute Gasteiger partial charge is 0.228 e. The van der Waals surface area contributed by atoms with E-state index in [-0.39, 0.29) is 17.6 Å². The maximum Gasteiger partial charge on any atom is 0.228 e. The second-order valence-electron chi connectivity index (χ2n) is 7.11. The first-order chi connectivity index (χ1) is 13.1. The molecule has 140 valence electrons. The summed E-state index contributed by atoms with van der Waals surface area (Å²) >= 11 is 0. The standard InChI is InChI=1S/C21H22FN3O2/c1-14-23-19-11-18(7-8-20(19)27-14)24-21(26)16-5-3-9-25(13-16)12-15-4-2-6-17(22)10-15/h2,4,6-8,10-11,16H,3,5,9,12-13H2,1H3,(H,24,26). The van der Waals surface area contributed by atoms with Crippen LogP contribution in [0.1, 0.15) is 24.3 Å². The topological polar surface area (TPSA) is 58.4 Å². The van der Waals surface area contributed by atoms with E-state index in [4.69, 9.17) is 4.42 Å². The van der Waals surface area contributed by atoms with Crippen molar-refractivity contribution in [3.8, 4) is 0 Å². The van der Waals surface area contributed by atoms with Crippen LogP contribution < -0.4 is 5.32 Å². The number of rotatable bonds is 4. The van der Waals surface area contributed by atoms with Gasteiger partial charge < -0.3 is 9.73 Å². The van der Waals surface area contributed by atoms with Gasteiger partial charge >= 0.3 is 0 Å². The lowest BCUT2D eigenvalue weighted by Crippen LogP contribution is -2.40. The Bertz CT molecular complexity index is 969. The Kier molecular flexibility index (Phi) is 4.90. The van der Waals surface area contributed by atoms with Crippen LogP contribution in [0.2, 0.25) is 0 Å². The summed E-state index contributed by atoms with van der Waals surface area (Å²) in [4.78, 5) is 19.2. The third-order valence-corrected chi connectivity index (χ3v) is 4.93. The van der Waals surface area contributed by atoms with E-state index in [9.17, 15) is 9.18 Å². The minimum Gasteiger partial charge on any atom is -0.441 e. The van der Waals surface area contributed by atoms with Crippen LogP contribution >= 0.6 is 0 Å². The van der Waals surface area contributed by atoms with Gasteiger partial charge in [0.2, 0.25) is 5.91 Å². The van der Waals surface area contributed by atoms with E-state index < -0.39 is 0 Å².